The third-order valence-corrected chi connectivity index (χ3v) is 2.49. The van der Waals surface area contributed by atoms with Crippen molar-refractivity contribution in [2.24, 2.45) is 11.0 Å². The van der Waals surface area contributed by atoms with Crippen LogP contribution in [-0.2, 0) is 0 Å². The first-order valence-corrected chi connectivity index (χ1v) is 6.11. The number of nitrogens with one attached hydrogen (secondary N) is 1. The van der Waals surface area contributed by atoms with Crippen molar-refractivity contribution in [1.82, 2.24) is 5.43 Å². The Morgan fingerprint density at radius 1 is 1.35 bits per heavy atom. The average molecular weight is 275 g/mol. The minimum Gasteiger partial charge on any atom is -0.490 e. The summed E-state index contributed by atoms with van der Waals surface area (Å²) in [4.78, 5) is 0. The molecule has 1 aromatic carbocycles. The van der Waals surface area contributed by atoms with E-state index in [4.69, 9.17) is 27.9 Å². The number of halogens is 2. The fourth-order valence-electron chi connectivity index (χ4n) is 1.18. The van der Waals surface area contributed by atoms with Crippen molar-refractivity contribution < 1.29 is 4.74 Å². The fraction of sp³-hybridized carbons (Fsp3) is 0.417. The van der Waals surface area contributed by atoms with Gasteiger partial charge in [-0.05, 0) is 23.6 Å². The summed E-state index contributed by atoms with van der Waals surface area (Å²) in [5.74, 6) is 0.955. The van der Waals surface area contributed by atoms with Crippen LogP contribution < -0.4 is 10.2 Å². The van der Waals surface area contributed by atoms with Crippen molar-refractivity contribution in [1.29, 1.82) is 0 Å². The lowest BCUT2D eigenvalue weighted by molar-refractivity contribution is 0.271. The summed E-state index contributed by atoms with van der Waals surface area (Å²) in [6.45, 7) is 4.72. The molecule has 3 nitrogen and oxygen atoms in total. The Morgan fingerprint density at radius 2 is 1.94 bits per heavy atom. The summed E-state index contributed by atoms with van der Waals surface area (Å²) in [6.07, 6.45) is 1.64. The molecule has 17 heavy (non-hydrogen) atoms. The first-order chi connectivity index (χ1) is 8.04. The van der Waals surface area contributed by atoms with Gasteiger partial charge in [0.2, 0.25) is 0 Å². The van der Waals surface area contributed by atoms with Crippen molar-refractivity contribution in [3.63, 3.8) is 0 Å². The third-order valence-electron chi connectivity index (χ3n) is 1.92. The SMILES string of the molecule is CN/N=C/c1cc(Cl)c(OCC(C)C)c(Cl)c1. The van der Waals surface area contributed by atoms with E-state index >= 15 is 0 Å². The second kappa shape index (κ2) is 6.72. The van der Waals surface area contributed by atoms with Gasteiger partial charge in [-0.1, -0.05) is 37.0 Å². The van der Waals surface area contributed by atoms with E-state index in [1.165, 1.54) is 0 Å². The second-order valence-corrected chi connectivity index (χ2v) is 4.81. The number of ether oxygens (including phenoxy) is 1. The molecule has 0 amide bonds. The Labute approximate surface area is 112 Å². The zero-order chi connectivity index (χ0) is 12.8. The summed E-state index contributed by atoms with van der Waals surface area (Å²) in [5, 5.41) is 4.89. The standard InChI is InChI=1S/C12H16Cl2N2O/c1-8(2)7-17-12-10(13)4-9(5-11(12)14)6-16-15-3/h4-6,8,15H,7H2,1-3H3/b16-6+. The number of rotatable bonds is 5. The Hall–Kier alpha value is -0.930. The van der Waals surface area contributed by atoms with Crippen molar-refractivity contribution in [2.45, 2.75) is 13.8 Å². The molecule has 1 N–H and O–H groups in total. The van der Waals surface area contributed by atoms with Crippen LogP contribution in [0.3, 0.4) is 0 Å². The maximum atomic E-state index is 6.11. The van der Waals surface area contributed by atoms with E-state index < -0.39 is 0 Å². The zero-order valence-corrected chi connectivity index (χ0v) is 11.6. The maximum Gasteiger partial charge on any atom is 0.156 e. The Bertz CT molecular complexity index is 382. The molecule has 0 heterocycles. The monoisotopic (exact) mass is 274 g/mol. The van der Waals surface area contributed by atoms with Gasteiger partial charge in [0.05, 0.1) is 22.9 Å². The highest BCUT2D eigenvalue weighted by Gasteiger charge is 2.09. The van der Waals surface area contributed by atoms with Crippen LogP contribution in [-0.4, -0.2) is 19.9 Å². The lowest BCUT2D eigenvalue weighted by Gasteiger charge is -2.12. The normalized spacial score (nSPS) is 11.2. The predicted octanol–water partition coefficient (Wildman–Crippen LogP) is 3.58. The topological polar surface area (TPSA) is 33.6 Å². The molecule has 1 aromatic rings. The molecule has 0 aliphatic carbocycles. The van der Waals surface area contributed by atoms with Crippen LogP contribution in [0.2, 0.25) is 10.0 Å². The van der Waals surface area contributed by atoms with E-state index in [9.17, 15) is 0 Å². The van der Waals surface area contributed by atoms with Gasteiger partial charge in [0.1, 0.15) is 0 Å². The van der Waals surface area contributed by atoms with Crippen LogP contribution in [0, 0.1) is 5.92 Å². The molecule has 0 aliphatic heterocycles. The van der Waals surface area contributed by atoms with E-state index in [-0.39, 0.29) is 0 Å². The highest BCUT2D eigenvalue weighted by atomic mass is 35.5. The van der Waals surface area contributed by atoms with Gasteiger partial charge in [-0.3, -0.25) is 0 Å². The fourth-order valence-corrected chi connectivity index (χ4v) is 1.79. The van der Waals surface area contributed by atoms with Gasteiger partial charge in [0.25, 0.3) is 0 Å². The lowest BCUT2D eigenvalue weighted by Crippen LogP contribution is -2.05. The summed E-state index contributed by atoms with van der Waals surface area (Å²) in [7, 11) is 1.72. The molecule has 0 spiro atoms. The minimum atomic E-state index is 0.424. The molecule has 5 heteroatoms. The van der Waals surface area contributed by atoms with E-state index in [1.807, 2.05) is 0 Å². The number of hydrogen-bond acceptors (Lipinski definition) is 3. The quantitative estimate of drug-likeness (QED) is 0.658. The van der Waals surface area contributed by atoms with E-state index in [1.54, 1.807) is 25.4 Å². The molecule has 0 saturated carbocycles. The van der Waals surface area contributed by atoms with Gasteiger partial charge in [0.15, 0.2) is 5.75 Å². The zero-order valence-electron chi connectivity index (χ0n) is 10.1. The Morgan fingerprint density at radius 3 is 2.41 bits per heavy atom. The molecule has 1 rings (SSSR count). The van der Waals surface area contributed by atoms with Crippen LogP contribution in [0.15, 0.2) is 17.2 Å². The van der Waals surface area contributed by atoms with Crippen LogP contribution in [0.5, 0.6) is 5.75 Å². The first-order valence-electron chi connectivity index (χ1n) is 5.36. The molecule has 0 saturated heterocycles. The van der Waals surface area contributed by atoms with Crippen LogP contribution >= 0.6 is 23.2 Å². The minimum absolute atomic E-state index is 0.424. The smallest absolute Gasteiger partial charge is 0.156 e. The average Bonchev–Trinajstić information content (AvgIpc) is 2.24. The van der Waals surface area contributed by atoms with E-state index in [0.29, 0.717) is 28.3 Å². The Kier molecular flexibility index (Phi) is 5.59. The highest BCUT2D eigenvalue weighted by Crippen LogP contribution is 2.34. The van der Waals surface area contributed by atoms with Crippen LogP contribution in [0.25, 0.3) is 0 Å². The van der Waals surface area contributed by atoms with Crippen LogP contribution in [0.1, 0.15) is 19.4 Å². The van der Waals surface area contributed by atoms with Gasteiger partial charge >= 0.3 is 0 Å². The first kappa shape index (κ1) is 14.1. The van der Waals surface area contributed by atoms with Crippen molar-refractivity contribution in [3.8, 4) is 5.75 Å². The second-order valence-electron chi connectivity index (χ2n) is 4.00. The van der Waals surface area contributed by atoms with Crippen molar-refractivity contribution in [3.05, 3.63) is 27.7 Å². The highest BCUT2D eigenvalue weighted by molar-refractivity contribution is 6.37. The van der Waals surface area contributed by atoms with Crippen LogP contribution in [0.4, 0.5) is 0 Å². The number of nitrogens with zero attached hydrogens (tertiary/aromatic N) is 1. The van der Waals surface area contributed by atoms with Gasteiger partial charge in [-0.15, -0.1) is 0 Å². The molecular formula is C12H16Cl2N2O. The van der Waals surface area contributed by atoms with Gasteiger partial charge < -0.3 is 10.2 Å². The largest absolute Gasteiger partial charge is 0.490 e. The third kappa shape index (κ3) is 4.44. The Balaban J connectivity index is 2.90. The number of hydrazone groups is 1. The molecular weight excluding hydrogens is 259 g/mol. The molecule has 0 aliphatic rings. The maximum absolute atomic E-state index is 6.11. The number of benzene rings is 1. The van der Waals surface area contributed by atoms with Crippen molar-refractivity contribution >= 4 is 29.4 Å². The summed E-state index contributed by atoms with van der Waals surface area (Å²) >= 11 is 12.2. The molecule has 0 fully saturated rings. The molecule has 0 bridgehead atoms. The molecule has 0 radical (unpaired) electrons. The predicted molar refractivity (Wildman–Crippen MR) is 73.4 cm³/mol. The molecule has 0 aromatic heterocycles. The molecule has 94 valence electrons. The lowest BCUT2D eigenvalue weighted by atomic mass is 10.2. The summed E-state index contributed by atoms with van der Waals surface area (Å²) in [5.41, 5.74) is 3.49. The van der Waals surface area contributed by atoms with Crippen molar-refractivity contribution in [2.75, 3.05) is 13.7 Å². The van der Waals surface area contributed by atoms with E-state index in [2.05, 4.69) is 24.4 Å². The number of hydrogen-bond donors (Lipinski definition) is 1. The molecule has 0 unspecified atom stereocenters. The van der Waals surface area contributed by atoms with Gasteiger partial charge in [-0.25, -0.2) is 0 Å². The van der Waals surface area contributed by atoms with E-state index in [0.717, 1.165) is 5.56 Å². The van der Waals surface area contributed by atoms with Gasteiger partial charge in [-0.2, -0.15) is 5.10 Å². The summed E-state index contributed by atoms with van der Waals surface area (Å²) in [6, 6.07) is 3.54. The van der Waals surface area contributed by atoms with Gasteiger partial charge in [0, 0.05) is 7.05 Å². The summed E-state index contributed by atoms with van der Waals surface area (Å²) < 4.78 is 5.56. The molecule has 0 atom stereocenters.